The van der Waals surface area contributed by atoms with Gasteiger partial charge in [-0.3, -0.25) is 4.79 Å². The molecule has 5 nitrogen and oxygen atoms in total. The quantitative estimate of drug-likeness (QED) is 0.640. The number of pyridine rings is 1. The van der Waals surface area contributed by atoms with Crippen molar-refractivity contribution in [1.82, 2.24) is 9.88 Å². The highest BCUT2D eigenvalue weighted by Crippen LogP contribution is 2.37. The number of carbonyl (C=O) groups is 1. The zero-order chi connectivity index (χ0) is 14.1. The van der Waals surface area contributed by atoms with E-state index in [1.807, 2.05) is 4.90 Å². The summed E-state index contributed by atoms with van der Waals surface area (Å²) in [6, 6.07) is 1.70. The molecule has 0 bridgehead atoms. The Morgan fingerprint density at radius 2 is 2.20 bits per heavy atom. The van der Waals surface area contributed by atoms with E-state index in [9.17, 15) is 9.18 Å². The van der Waals surface area contributed by atoms with Gasteiger partial charge in [0.2, 0.25) is 0 Å². The van der Waals surface area contributed by atoms with E-state index in [1.165, 1.54) is 25.1 Å². The van der Waals surface area contributed by atoms with Crippen LogP contribution in [0.5, 0.6) is 0 Å². The molecule has 1 saturated carbocycles. The van der Waals surface area contributed by atoms with Crippen LogP contribution in [-0.2, 0) is 0 Å². The number of halogens is 1. The van der Waals surface area contributed by atoms with E-state index < -0.39 is 5.82 Å². The van der Waals surface area contributed by atoms with Crippen LogP contribution in [0.15, 0.2) is 12.3 Å². The second-order valence-electron chi connectivity index (χ2n) is 5.56. The molecular formula is C14H19FN4O. The number of hydrogen-bond acceptors (Lipinski definition) is 4. The summed E-state index contributed by atoms with van der Waals surface area (Å²) in [5.74, 6) is 4.79. The van der Waals surface area contributed by atoms with Crippen LogP contribution in [0.2, 0.25) is 0 Å². The molecule has 2 unspecified atom stereocenters. The molecule has 2 fully saturated rings. The number of aromatic nitrogens is 1. The van der Waals surface area contributed by atoms with Crippen molar-refractivity contribution in [3.63, 3.8) is 0 Å². The third kappa shape index (κ3) is 2.14. The first kappa shape index (κ1) is 13.3. The largest absolute Gasteiger partial charge is 0.335 e. The second kappa shape index (κ2) is 5.36. The highest BCUT2D eigenvalue weighted by Gasteiger charge is 2.39. The molecule has 3 rings (SSSR count). The number of hydrazine groups is 1. The van der Waals surface area contributed by atoms with Gasteiger partial charge in [0.25, 0.3) is 5.91 Å². The number of nitrogens with two attached hydrogens (primary N) is 1. The topological polar surface area (TPSA) is 71.2 Å². The molecule has 0 spiro atoms. The average Bonchev–Trinajstić information content (AvgIpc) is 2.91. The Hall–Kier alpha value is -1.69. The molecule has 6 heteroatoms. The van der Waals surface area contributed by atoms with Crippen molar-refractivity contribution >= 4 is 11.7 Å². The lowest BCUT2D eigenvalue weighted by molar-refractivity contribution is 0.0685. The lowest BCUT2D eigenvalue weighted by Gasteiger charge is -2.31. The van der Waals surface area contributed by atoms with Crippen LogP contribution in [0.4, 0.5) is 10.2 Å². The van der Waals surface area contributed by atoms with E-state index in [1.54, 1.807) is 0 Å². The highest BCUT2D eigenvalue weighted by atomic mass is 19.1. The minimum absolute atomic E-state index is 0.0548. The normalized spacial score (nSPS) is 25.4. The Kier molecular flexibility index (Phi) is 3.56. The summed E-state index contributed by atoms with van der Waals surface area (Å²) < 4.78 is 14.1. The molecule has 1 aliphatic carbocycles. The van der Waals surface area contributed by atoms with E-state index >= 15 is 0 Å². The Balaban J connectivity index is 1.86. The number of hydrogen-bond donors (Lipinski definition) is 2. The number of nitrogen functional groups attached to an aromatic ring is 1. The van der Waals surface area contributed by atoms with E-state index in [0.29, 0.717) is 5.92 Å². The van der Waals surface area contributed by atoms with E-state index in [4.69, 9.17) is 5.84 Å². The molecule has 0 radical (unpaired) electrons. The first-order valence-electron chi connectivity index (χ1n) is 7.14. The second-order valence-corrected chi connectivity index (χ2v) is 5.56. The van der Waals surface area contributed by atoms with Gasteiger partial charge in [-0.15, -0.1) is 0 Å². The Bertz CT molecular complexity index is 522. The molecule has 3 N–H and O–H groups in total. The zero-order valence-corrected chi connectivity index (χ0v) is 11.3. The molecule has 0 aromatic carbocycles. The summed E-state index contributed by atoms with van der Waals surface area (Å²) in [4.78, 5) is 18.2. The molecule has 1 amide bonds. The maximum atomic E-state index is 14.1. The van der Waals surface area contributed by atoms with Gasteiger partial charge in [0.05, 0.1) is 5.56 Å². The van der Waals surface area contributed by atoms with Gasteiger partial charge in [-0.2, -0.15) is 0 Å². The predicted octanol–water partition coefficient (Wildman–Crippen LogP) is 1.91. The number of anilines is 1. The lowest BCUT2D eigenvalue weighted by atomic mass is 9.85. The maximum absolute atomic E-state index is 14.1. The van der Waals surface area contributed by atoms with Crippen LogP contribution in [0.1, 0.15) is 42.5 Å². The monoisotopic (exact) mass is 278 g/mol. The predicted molar refractivity (Wildman–Crippen MR) is 73.4 cm³/mol. The van der Waals surface area contributed by atoms with Crippen LogP contribution in [0.3, 0.4) is 0 Å². The number of rotatable bonds is 2. The van der Waals surface area contributed by atoms with Gasteiger partial charge in [-0.05, 0) is 31.2 Å². The highest BCUT2D eigenvalue weighted by molar-refractivity contribution is 5.95. The van der Waals surface area contributed by atoms with Crippen molar-refractivity contribution < 1.29 is 9.18 Å². The van der Waals surface area contributed by atoms with Gasteiger partial charge in [-0.1, -0.05) is 12.8 Å². The minimum Gasteiger partial charge on any atom is -0.335 e. The standard InChI is InChI=1S/C14H19FN4O/c15-12-10(5-7-17-13(12)18-16)14(20)19-8-6-9-3-1-2-4-11(9)19/h5,7,9,11H,1-4,6,8,16H2,(H,17,18). The molecular weight excluding hydrogens is 259 g/mol. The van der Waals surface area contributed by atoms with E-state index in [-0.39, 0.29) is 23.3 Å². The first-order chi connectivity index (χ1) is 9.72. The number of carbonyl (C=O) groups excluding carboxylic acids is 1. The fourth-order valence-electron chi connectivity index (χ4n) is 3.52. The van der Waals surface area contributed by atoms with Gasteiger partial charge in [0.15, 0.2) is 11.6 Å². The number of likely N-dealkylation sites (tertiary alicyclic amines) is 1. The SMILES string of the molecule is NNc1nccc(C(=O)N2CCC3CCCCC32)c1F. The van der Waals surface area contributed by atoms with Gasteiger partial charge < -0.3 is 10.3 Å². The number of nitrogens with one attached hydrogen (secondary N) is 1. The zero-order valence-electron chi connectivity index (χ0n) is 11.3. The van der Waals surface area contributed by atoms with Gasteiger partial charge >= 0.3 is 0 Å². The summed E-state index contributed by atoms with van der Waals surface area (Å²) in [6.45, 7) is 0.724. The third-order valence-electron chi connectivity index (χ3n) is 4.53. The number of nitrogens with zero attached hydrogens (tertiary/aromatic N) is 2. The third-order valence-corrected chi connectivity index (χ3v) is 4.53. The Morgan fingerprint density at radius 3 is 3.00 bits per heavy atom. The van der Waals surface area contributed by atoms with E-state index in [2.05, 4.69) is 10.4 Å². The van der Waals surface area contributed by atoms with Crippen molar-refractivity contribution in [2.24, 2.45) is 11.8 Å². The van der Waals surface area contributed by atoms with Gasteiger partial charge in [-0.25, -0.2) is 15.2 Å². The maximum Gasteiger partial charge on any atom is 0.257 e. The van der Waals surface area contributed by atoms with Crippen LogP contribution >= 0.6 is 0 Å². The molecule has 2 atom stereocenters. The first-order valence-corrected chi connectivity index (χ1v) is 7.14. The Labute approximate surface area is 117 Å². The number of fused-ring (bicyclic) bond motifs is 1. The molecule has 1 aromatic rings. The van der Waals surface area contributed by atoms with Crippen molar-refractivity contribution in [3.05, 3.63) is 23.6 Å². The minimum atomic E-state index is -0.667. The fraction of sp³-hybridized carbons (Fsp3) is 0.571. The molecule has 1 aliphatic heterocycles. The molecule has 108 valence electrons. The molecule has 20 heavy (non-hydrogen) atoms. The molecule has 1 aromatic heterocycles. The van der Waals surface area contributed by atoms with Crippen LogP contribution < -0.4 is 11.3 Å². The van der Waals surface area contributed by atoms with E-state index in [0.717, 1.165) is 25.8 Å². The lowest BCUT2D eigenvalue weighted by Crippen LogP contribution is -2.39. The average molecular weight is 278 g/mol. The van der Waals surface area contributed by atoms with Crippen molar-refractivity contribution in [2.75, 3.05) is 12.0 Å². The summed E-state index contributed by atoms with van der Waals surface area (Å²) in [7, 11) is 0. The number of amides is 1. The summed E-state index contributed by atoms with van der Waals surface area (Å²) in [5.41, 5.74) is 2.24. The van der Waals surface area contributed by atoms with Gasteiger partial charge in [0.1, 0.15) is 0 Å². The summed E-state index contributed by atoms with van der Waals surface area (Å²) >= 11 is 0. The molecule has 2 heterocycles. The molecule has 1 saturated heterocycles. The smallest absolute Gasteiger partial charge is 0.257 e. The fourth-order valence-corrected chi connectivity index (χ4v) is 3.52. The molecule has 2 aliphatic rings. The van der Waals surface area contributed by atoms with Crippen LogP contribution in [0.25, 0.3) is 0 Å². The van der Waals surface area contributed by atoms with Crippen molar-refractivity contribution in [3.8, 4) is 0 Å². The van der Waals surface area contributed by atoms with Gasteiger partial charge in [0, 0.05) is 18.8 Å². The van der Waals surface area contributed by atoms with Crippen LogP contribution in [-0.4, -0.2) is 28.4 Å². The van der Waals surface area contributed by atoms with Crippen molar-refractivity contribution in [2.45, 2.75) is 38.1 Å². The van der Waals surface area contributed by atoms with Crippen LogP contribution in [0, 0.1) is 11.7 Å². The summed E-state index contributed by atoms with van der Waals surface area (Å²) in [5, 5.41) is 0. The Morgan fingerprint density at radius 1 is 1.40 bits per heavy atom. The summed E-state index contributed by atoms with van der Waals surface area (Å²) in [6.07, 6.45) is 7.05. The van der Waals surface area contributed by atoms with Crippen molar-refractivity contribution in [1.29, 1.82) is 0 Å².